The molecule has 1 aliphatic heterocycles. The van der Waals surface area contributed by atoms with Crippen molar-refractivity contribution in [3.8, 4) is 0 Å². The molecule has 0 radical (unpaired) electrons. The van der Waals surface area contributed by atoms with Gasteiger partial charge < -0.3 is 10.1 Å². The summed E-state index contributed by atoms with van der Waals surface area (Å²) < 4.78 is 5.50. The molecule has 1 atom stereocenters. The lowest BCUT2D eigenvalue weighted by atomic mass is 9.95. The lowest BCUT2D eigenvalue weighted by Crippen LogP contribution is -2.17. The third-order valence-electron chi connectivity index (χ3n) is 4.09. The average Bonchev–Trinajstić information content (AvgIpc) is 2.96. The van der Waals surface area contributed by atoms with Crippen LogP contribution in [0.1, 0.15) is 40.8 Å². The van der Waals surface area contributed by atoms with E-state index in [-0.39, 0.29) is 6.04 Å². The van der Waals surface area contributed by atoms with Gasteiger partial charge in [-0.05, 0) is 41.3 Å². The second-order valence-corrected chi connectivity index (χ2v) is 5.34. The van der Waals surface area contributed by atoms with Gasteiger partial charge in [0.05, 0.1) is 19.3 Å². The number of benzene rings is 2. The monoisotopic (exact) mass is 267 g/mol. The van der Waals surface area contributed by atoms with Crippen LogP contribution in [0, 0.1) is 0 Å². The molecule has 2 heteroatoms. The number of fused-ring (bicyclic) bond motifs is 1. The fourth-order valence-electron chi connectivity index (χ4n) is 2.84. The van der Waals surface area contributed by atoms with Crippen molar-refractivity contribution < 1.29 is 4.74 Å². The highest BCUT2D eigenvalue weighted by Gasteiger charge is 2.16. The van der Waals surface area contributed by atoms with E-state index in [9.17, 15) is 0 Å². The van der Waals surface area contributed by atoms with Crippen LogP contribution in [0.25, 0.3) is 0 Å². The highest BCUT2D eigenvalue weighted by molar-refractivity contribution is 5.39. The largest absolute Gasteiger partial charge is 0.372 e. The second kappa shape index (κ2) is 5.78. The minimum Gasteiger partial charge on any atom is -0.372 e. The van der Waals surface area contributed by atoms with Crippen LogP contribution in [-0.2, 0) is 24.4 Å². The molecule has 2 aromatic carbocycles. The average molecular weight is 267 g/mol. The Hall–Kier alpha value is -1.64. The van der Waals surface area contributed by atoms with Gasteiger partial charge in [-0.1, -0.05) is 49.4 Å². The molecule has 0 spiro atoms. The first kappa shape index (κ1) is 13.3. The Labute approximate surface area is 120 Å². The second-order valence-electron chi connectivity index (χ2n) is 5.34. The third kappa shape index (κ3) is 2.49. The molecular weight excluding hydrogens is 246 g/mol. The molecule has 2 aromatic rings. The zero-order chi connectivity index (χ0) is 13.9. The summed E-state index contributed by atoms with van der Waals surface area (Å²) in [7, 11) is 2.02. The van der Waals surface area contributed by atoms with E-state index >= 15 is 0 Å². The van der Waals surface area contributed by atoms with E-state index in [0.717, 1.165) is 19.6 Å². The zero-order valence-corrected chi connectivity index (χ0v) is 12.1. The molecule has 1 aliphatic rings. The van der Waals surface area contributed by atoms with E-state index in [2.05, 4.69) is 54.7 Å². The van der Waals surface area contributed by atoms with Crippen molar-refractivity contribution in [2.75, 3.05) is 7.05 Å². The molecule has 1 heterocycles. The first-order valence-electron chi connectivity index (χ1n) is 7.27. The molecule has 20 heavy (non-hydrogen) atoms. The van der Waals surface area contributed by atoms with Gasteiger partial charge >= 0.3 is 0 Å². The highest BCUT2D eigenvalue weighted by Crippen LogP contribution is 2.27. The standard InChI is InChI=1S/C18H21NO/c1-3-13-4-6-14(7-5-13)18(19-2)15-8-9-16-11-20-12-17(16)10-15/h4-10,18-19H,3,11-12H2,1-2H3. The lowest BCUT2D eigenvalue weighted by molar-refractivity contribution is 0.134. The van der Waals surface area contributed by atoms with Crippen molar-refractivity contribution in [3.05, 3.63) is 70.3 Å². The number of rotatable bonds is 4. The summed E-state index contributed by atoms with van der Waals surface area (Å²) in [5.74, 6) is 0. The van der Waals surface area contributed by atoms with Gasteiger partial charge in [-0.25, -0.2) is 0 Å². The Morgan fingerprint density at radius 2 is 1.70 bits per heavy atom. The van der Waals surface area contributed by atoms with Crippen LogP contribution in [0.3, 0.4) is 0 Å². The summed E-state index contributed by atoms with van der Waals surface area (Å²) in [6.45, 7) is 3.68. The minimum absolute atomic E-state index is 0.242. The van der Waals surface area contributed by atoms with Gasteiger partial charge in [0, 0.05) is 0 Å². The predicted molar refractivity (Wildman–Crippen MR) is 81.7 cm³/mol. The highest BCUT2D eigenvalue weighted by atomic mass is 16.5. The van der Waals surface area contributed by atoms with E-state index in [1.54, 1.807) is 0 Å². The van der Waals surface area contributed by atoms with E-state index in [0.29, 0.717) is 0 Å². The smallest absolute Gasteiger partial charge is 0.0725 e. The molecule has 1 unspecified atom stereocenters. The van der Waals surface area contributed by atoms with Crippen molar-refractivity contribution in [2.24, 2.45) is 0 Å². The van der Waals surface area contributed by atoms with Gasteiger partial charge in [0.15, 0.2) is 0 Å². The molecule has 0 fully saturated rings. The first-order valence-corrected chi connectivity index (χ1v) is 7.27. The predicted octanol–water partition coefficient (Wildman–Crippen LogP) is 3.59. The molecule has 1 N–H and O–H groups in total. The van der Waals surface area contributed by atoms with Crippen LogP contribution in [0.2, 0.25) is 0 Å². The molecule has 0 amide bonds. The molecular formula is C18H21NO. The molecule has 3 rings (SSSR count). The first-order chi connectivity index (χ1) is 9.81. The van der Waals surface area contributed by atoms with Crippen LogP contribution in [0.5, 0.6) is 0 Å². The van der Waals surface area contributed by atoms with Gasteiger partial charge in [0.2, 0.25) is 0 Å². The van der Waals surface area contributed by atoms with Gasteiger partial charge in [0.25, 0.3) is 0 Å². The lowest BCUT2D eigenvalue weighted by Gasteiger charge is -2.18. The molecule has 0 aliphatic carbocycles. The zero-order valence-electron chi connectivity index (χ0n) is 12.1. The van der Waals surface area contributed by atoms with Gasteiger partial charge in [0.1, 0.15) is 0 Å². The Morgan fingerprint density at radius 1 is 1.00 bits per heavy atom. The summed E-state index contributed by atoms with van der Waals surface area (Å²) in [5.41, 5.74) is 6.65. The minimum atomic E-state index is 0.242. The van der Waals surface area contributed by atoms with E-state index < -0.39 is 0 Å². The topological polar surface area (TPSA) is 21.3 Å². The van der Waals surface area contributed by atoms with E-state index in [1.807, 2.05) is 7.05 Å². The Morgan fingerprint density at radius 3 is 2.40 bits per heavy atom. The van der Waals surface area contributed by atoms with Crippen molar-refractivity contribution in [1.82, 2.24) is 5.32 Å². The van der Waals surface area contributed by atoms with Crippen molar-refractivity contribution in [3.63, 3.8) is 0 Å². The van der Waals surface area contributed by atoms with E-state index in [1.165, 1.54) is 27.8 Å². The maximum atomic E-state index is 5.50. The third-order valence-corrected chi connectivity index (χ3v) is 4.09. The summed E-state index contributed by atoms with van der Waals surface area (Å²) in [4.78, 5) is 0. The summed E-state index contributed by atoms with van der Waals surface area (Å²) in [5, 5.41) is 3.42. The van der Waals surface area contributed by atoms with Crippen molar-refractivity contribution >= 4 is 0 Å². The number of hydrogen-bond donors (Lipinski definition) is 1. The van der Waals surface area contributed by atoms with Crippen LogP contribution >= 0.6 is 0 Å². The van der Waals surface area contributed by atoms with Crippen molar-refractivity contribution in [1.29, 1.82) is 0 Å². The van der Waals surface area contributed by atoms with Gasteiger partial charge in [-0.2, -0.15) is 0 Å². The summed E-state index contributed by atoms with van der Waals surface area (Å²) in [6.07, 6.45) is 1.08. The van der Waals surface area contributed by atoms with Crippen molar-refractivity contribution in [2.45, 2.75) is 32.6 Å². The maximum absolute atomic E-state index is 5.50. The molecule has 0 saturated heterocycles. The number of aryl methyl sites for hydroxylation is 1. The summed E-state index contributed by atoms with van der Waals surface area (Å²) >= 11 is 0. The number of hydrogen-bond acceptors (Lipinski definition) is 2. The van der Waals surface area contributed by atoms with Gasteiger partial charge in [-0.15, -0.1) is 0 Å². The summed E-state index contributed by atoms with van der Waals surface area (Å²) in [6, 6.07) is 15.8. The van der Waals surface area contributed by atoms with E-state index in [4.69, 9.17) is 4.74 Å². The molecule has 2 nitrogen and oxygen atoms in total. The Balaban J connectivity index is 1.92. The fraction of sp³-hybridized carbons (Fsp3) is 0.333. The number of nitrogens with one attached hydrogen (secondary N) is 1. The quantitative estimate of drug-likeness (QED) is 0.914. The normalized spacial score (nSPS) is 15.1. The Bertz CT molecular complexity index is 589. The fourth-order valence-corrected chi connectivity index (χ4v) is 2.84. The molecule has 0 saturated carbocycles. The molecule has 0 aromatic heterocycles. The van der Waals surface area contributed by atoms with Crippen LogP contribution in [0.4, 0.5) is 0 Å². The SMILES string of the molecule is CCc1ccc(C(NC)c2ccc3c(c2)COC3)cc1. The number of ether oxygens (including phenoxy) is 1. The maximum Gasteiger partial charge on any atom is 0.0725 e. The van der Waals surface area contributed by atoms with Crippen LogP contribution < -0.4 is 5.32 Å². The van der Waals surface area contributed by atoms with Crippen LogP contribution in [0.15, 0.2) is 42.5 Å². The molecule has 0 bridgehead atoms. The van der Waals surface area contributed by atoms with Crippen LogP contribution in [-0.4, -0.2) is 7.05 Å². The van der Waals surface area contributed by atoms with Gasteiger partial charge in [-0.3, -0.25) is 0 Å². The Kier molecular flexibility index (Phi) is 3.86. The molecule has 104 valence electrons.